The van der Waals surface area contributed by atoms with Crippen LogP contribution in [-0.4, -0.2) is 23.3 Å². The van der Waals surface area contributed by atoms with Crippen molar-refractivity contribution < 1.29 is 19.2 Å². The van der Waals surface area contributed by atoms with Crippen LogP contribution in [0.15, 0.2) is 24.3 Å². The van der Waals surface area contributed by atoms with Crippen LogP contribution >= 0.6 is 0 Å². The third-order valence-corrected chi connectivity index (χ3v) is 2.40. The first-order valence-electron chi connectivity index (χ1n) is 5.42. The van der Waals surface area contributed by atoms with E-state index in [-0.39, 0.29) is 17.9 Å². The standard InChI is InChI=1S/C12H13NO5/c1-3-18-12(15)8(2)11(14)9-4-6-10(7-5-9)13(16)17/h4-8H,3H2,1-2H3. The summed E-state index contributed by atoms with van der Waals surface area (Å²) in [6.07, 6.45) is 0. The number of nitro benzene ring substituents is 1. The third-order valence-electron chi connectivity index (χ3n) is 2.40. The zero-order chi connectivity index (χ0) is 13.7. The summed E-state index contributed by atoms with van der Waals surface area (Å²) in [5.41, 5.74) is 0.150. The highest BCUT2D eigenvalue weighted by molar-refractivity contribution is 6.08. The molecule has 0 aliphatic carbocycles. The maximum atomic E-state index is 11.9. The Kier molecular flexibility index (Phi) is 4.53. The number of ketones is 1. The first-order valence-corrected chi connectivity index (χ1v) is 5.42. The first-order chi connectivity index (χ1) is 8.47. The minimum absolute atomic E-state index is 0.102. The number of esters is 1. The molecule has 0 spiro atoms. The summed E-state index contributed by atoms with van der Waals surface area (Å²) in [5, 5.41) is 10.5. The number of carbonyl (C=O) groups excluding carboxylic acids is 2. The fraction of sp³-hybridized carbons (Fsp3) is 0.333. The van der Waals surface area contributed by atoms with Crippen molar-refractivity contribution in [1.82, 2.24) is 0 Å². The maximum Gasteiger partial charge on any atom is 0.316 e. The van der Waals surface area contributed by atoms with Gasteiger partial charge in [-0.15, -0.1) is 0 Å². The first kappa shape index (κ1) is 13.8. The van der Waals surface area contributed by atoms with Crippen molar-refractivity contribution in [1.29, 1.82) is 0 Å². The van der Waals surface area contributed by atoms with Crippen LogP contribution in [0.4, 0.5) is 5.69 Å². The zero-order valence-corrected chi connectivity index (χ0v) is 10.1. The second-order valence-corrected chi connectivity index (χ2v) is 3.64. The molecule has 0 saturated heterocycles. The summed E-state index contributed by atoms with van der Waals surface area (Å²) in [5.74, 6) is -1.92. The number of nitrogens with zero attached hydrogens (tertiary/aromatic N) is 1. The predicted molar refractivity (Wildman–Crippen MR) is 63.2 cm³/mol. The molecule has 1 aromatic rings. The van der Waals surface area contributed by atoms with E-state index in [4.69, 9.17) is 4.74 Å². The van der Waals surface area contributed by atoms with Crippen molar-refractivity contribution in [2.75, 3.05) is 6.61 Å². The molecule has 6 heteroatoms. The van der Waals surface area contributed by atoms with Crippen LogP contribution in [0.5, 0.6) is 0 Å². The quantitative estimate of drug-likeness (QED) is 0.262. The van der Waals surface area contributed by atoms with Gasteiger partial charge < -0.3 is 4.74 Å². The molecule has 0 fully saturated rings. The molecule has 0 aliphatic heterocycles. The van der Waals surface area contributed by atoms with Crippen LogP contribution in [0.2, 0.25) is 0 Å². The molecule has 0 N–H and O–H groups in total. The van der Waals surface area contributed by atoms with E-state index in [1.54, 1.807) is 6.92 Å². The van der Waals surface area contributed by atoms with Gasteiger partial charge in [0.2, 0.25) is 0 Å². The Bertz CT molecular complexity index is 466. The number of hydrogen-bond donors (Lipinski definition) is 0. The number of carbonyl (C=O) groups is 2. The largest absolute Gasteiger partial charge is 0.465 e. The van der Waals surface area contributed by atoms with Crippen molar-refractivity contribution in [3.05, 3.63) is 39.9 Å². The molecule has 96 valence electrons. The van der Waals surface area contributed by atoms with E-state index >= 15 is 0 Å². The van der Waals surface area contributed by atoms with E-state index in [9.17, 15) is 19.7 Å². The van der Waals surface area contributed by atoms with Crippen LogP contribution in [0, 0.1) is 16.0 Å². The van der Waals surface area contributed by atoms with Crippen LogP contribution < -0.4 is 0 Å². The van der Waals surface area contributed by atoms with Gasteiger partial charge in [0.15, 0.2) is 5.78 Å². The molecule has 1 rings (SSSR count). The summed E-state index contributed by atoms with van der Waals surface area (Å²) in [6.45, 7) is 3.30. The monoisotopic (exact) mass is 251 g/mol. The topological polar surface area (TPSA) is 86.5 Å². The molecule has 0 bridgehead atoms. The van der Waals surface area contributed by atoms with E-state index in [1.165, 1.54) is 31.2 Å². The summed E-state index contributed by atoms with van der Waals surface area (Å²) >= 11 is 0. The molecule has 0 aliphatic rings. The minimum Gasteiger partial charge on any atom is -0.465 e. The normalized spacial score (nSPS) is 11.7. The second-order valence-electron chi connectivity index (χ2n) is 3.64. The smallest absolute Gasteiger partial charge is 0.316 e. The van der Waals surface area contributed by atoms with E-state index in [0.29, 0.717) is 0 Å². The Morgan fingerprint density at radius 2 is 1.89 bits per heavy atom. The summed E-state index contributed by atoms with van der Waals surface area (Å²) in [4.78, 5) is 33.2. The fourth-order valence-electron chi connectivity index (χ4n) is 1.37. The molecule has 1 atom stereocenters. The van der Waals surface area contributed by atoms with Gasteiger partial charge in [0.1, 0.15) is 5.92 Å². The van der Waals surface area contributed by atoms with Gasteiger partial charge in [-0.25, -0.2) is 0 Å². The molecular formula is C12H13NO5. The van der Waals surface area contributed by atoms with Gasteiger partial charge in [0.25, 0.3) is 5.69 Å². The lowest BCUT2D eigenvalue weighted by atomic mass is 9.99. The van der Waals surface area contributed by atoms with Crippen molar-refractivity contribution >= 4 is 17.4 Å². The van der Waals surface area contributed by atoms with E-state index in [0.717, 1.165) is 0 Å². The molecule has 0 radical (unpaired) electrons. The number of hydrogen-bond acceptors (Lipinski definition) is 5. The Balaban J connectivity index is 2.84. The van der Waals surface area contributed by atoms with Crippen molar-refractivity contribution in [2.45, 2.75) is 13.8 Å². The van der Waals surface area contributed by atoms with Crippen LogP contribution in [0.3, 0.4) is 0 Å². The van der Waals surface area contributed by atoms with Gasteiger partial charge in [-0.3, -0.25) is 19.7 Å². The van der Waals surface area contributed by atoms with Crippen molar-refractivity contribution in [2.24, 2.45) is 5.92 Å². The minimum atomic E-state index is -0.911. The van der Waals surface area contributed by atoms with Gasteiger partial charge in [-0.05, 0) is 26.0 Å². The van der Waals surface area contributed by atoms with E-state index < -0.39 is 22.6 Å². The third kappa shape index (κ3) is 3.13. The second kappa shape index (κ2) is 5.90. The average Bonchev–Trinajstić information content (AvgIpc) is 2.37. The number of benzene rings is 1. The molecule has 0 aromatic heterocycles. The summed E-state index contributed by atoms with van der Waals surface area (Å²) in [7, 11) is 0. The number of nitro groups is 1. The Morgan fingerprint density at radius 3 is 2.33 bits per heavy atom. The SMILES string of the molecule is CCOC(=O)C(C)C(=O)c1ccc([N+](=O)[O-])cc1. The van der Waals surface area contributed by atoms with Crippen LogP contribution in [0.1, 0.15) is 24.2 Å². The number of Topliss-reactive ketones (excluding diaryl/α,β-unsaturated/α-hetero) is 1. The van der Waals surface area contributed by atoms with Gasteiger partial charge in [-0.1, -0.05) is 0 Å². The molecule has 0 amide bonds. The molecular weight excluding hydrogens is 238 g/mol. The highest BCUT2D eigenvalue weighted by Gasteiger charge is 2.24. The van der Waals surface area contributed by atoms with Crippen LogP contribution in [0.25, 0.3) is 0 Å². The predicted octanol–water partition coefficient (Wildman–Crippen LogP) is 1.98. The molecule has 1 unspecified atom stereocenters. The Morgan fingerprint density at radius 1 is 1.33 bits per heavy atom. The van der Waals surface area contributed by atoms with Gasteiger partial charge in [0.05, 0.1) is 11.5 Å². The van der Waals surface area contributed by atoms with E-state index in [2.05, 4.69) is 0 Å². The number of ether oxygens (including phenoxy) is 1. The summed E-state index contributed by atoms with van der Waals surface area (Å²) in [6, 6.07) is 5.11. The lowest BCUT2D eigenvalue weighted by Gasteiger charge is -2.09. The lowest BCUT2D eigenvalue weighted by molar-refractivity contribution is -0.384. The molecule has 0 saturated carbocycles. The van der Waals surface area contributed by atoms with Crippen molar-refractivity contribution in [3.63, 3.8) is 0 Å². The highest BCUT2D eigenvalue weighted by Crippen LogP contribution is 2.15. The fourth-order valence-corrected chi connectivity index (χ4v) is 1.37. The molecule has 0 heterocycles. The van der Waals surface area contributed by atoms with Gasteiger partial charge in [-0.2, -0.15) is 0 Å². The van der Waals surface area contributed by atoms with E-state index in [1.807, 2.05) is 0 Å². The molecule has 18 heavy (non-hydrogen) atoms. The van der Waals surface area contributed by atoms with Gasteiger partial charge in [0, 0.05) is 17.7 Å². The van der Waals surface area contributed by atoms with Crippen molar-refractivity contribution in [3.8, 4) is 0 Å². The Labute approximate surface area is 104 Å². The van der Waals surface area contributed by atoms with Crippen LogP contribution in [-0.2, 0) is 9.53 Å². The average molecular weight is 251 g/mol. The maximum absolute atomic E-state index is 11.9. The number of non-ortho nitro benzene ring substituents is 1. The molecule has 6 nitrogen and oxygen atoms in total. The number of rotatable bonds is 5. The zero-order valence-electron chi connectivity index (χ0n) is 10.1. The Hall–Kier alpha value is -2.24. The lowest BCUT2D eigenvalue weighted by Crippen LogP contribution is -2.23. The van der Waals surface area contributed by atoms with Gasteiger partial charge >= 0.3 is 5.97 Å². The summed E-state index contributed by atoms with van der Waals surface area (Å²) < 4.78 is 4.74. The highest BCUT2D eigenvalue weighted by atomic mass is 16.6. The molecule has 1 aromatic carbocycles.